The number of hydrogen-bond donors (Lipinski definition) is 7. The van der Waals surface area contributed by atoms with Crippen LogP contribution in [0.3, 0.4) is 0 Å². The number of carbonyl (C=O) groups excluding carboxylic acids is 3. The molecule has 6 atom stereocenters. The number of Topliss-reactive ketones (excluding diaryl/α,β-unsaturated/α-hetero) is 1. The van der Waals surface area contributed by atoms with Gasteiger partial charge in [0.05, 0.1) is 19.3 Å². The van der Waals surface area contributed by atoms with E-state index in [9.17, 15) is 39.6 Å². The maximum atomic E-state index is 14.2. The zero-order valence-electron chi connectivity index (χ0n) is 37.9. The Morgan fingerprint density at radius 2 is 1.00 bits per heavy atom. The summed E-state index contributed by atoms with van der Waals surface area (Å²) >= 11 is 0. The molecule has 0 radical (unpaired) electrons. The fourth-order valence-corrected chi connectivity index (χ4v) is 8.44. The minimum atomic E-state index is -2.30. The molecular formula is C47H89N3O10. The first-order chi connectivity index (χ1) is 29.0. The molecule has 0 spiro atoms. The Labute approximate surface area is 363 Å². The number of nitrogens with two attached hydrogens (primary N) is 1. The Bertz CT molecular complexity index is 1130. The van der Waals surface area contributed by atoms with Gasteiger partial charge in [0.25, 0.3) is 0 Å². The summed E-state index contributed by atoms with van der Waals surface area (Å²) in [5, 5.41) is 54.1. The van der Waals surface area contributed by atoms with Crippen molar-refractivity contribution in [2.45, 2.75) is 250 Å². The van der Waals surface area contributed by atoms with Crippen LogP contribution in [-0.2, 0) is 23.9 Å². The minimum absolute atomic E-state index is 0.105. The van der Waals surface area contributed by atoms with Crippen LogP contribution in [0.25, 0.3) is 0 Å². The summed E-state index contributed by atoms with van der Waals surface area (Å²) in [6.07, 6.45) is 26.3. The van der Waals surface area contributed by atoms with Crippen molar-refractivity contribution >= 4 is 23.6 Å². The molecule has 0 aromatic rings. The van der Waals surface area contributed by atoms with Crippen molar-refractivity contribution in [2.24, 2.45) is 11.7 Å². The number of unbranched alkanes of at least 4 members (excludes halogenated alkanes) is 26. The van der Waals surface area contributed by atoms with Crippen molar-refractivity contribution in [1.29, 1.82) is 0 Å². The van der Waals surface area contributed by atoms with Gasteiger partial charge in [-0.2, -0.15) is 0 Å². The first-order valence-corrected chi connectivity index (χ1v) is 24.4. The first kappa shape index (κ1) is 55.9. The monoisotopic (exact) mass is 856 g/mol. The smallest absolute Gasteiger partial charge is 0.303 e. The summed E-state index contributed by atoms with van der Waals surface area (Å²) in [6.45, 7) is 2.97. The van der Waals surface area contributed by atoms with Crippen molar-refractivity contribution in [2.75, 3.05) is 19.8 Å². The average Bonchev–Trinajstić information content (AvgIpc) is 3.22. The van der Waals surface area contributed by atoms with E-state index in [1.54, 1.807) is 0 Å². The topological polar surface area (TPSA) is 220 Å². The van der Waals surface area contributed by atoms with Gasteiger partial charge >= 0.3 is 5.97 Å². The van der Waals surface area contributed by atoms with Crippen LogP contribution in [0, 0.1) is 5.92 Å². The number of ketones is 1. The van der Waals surface area contributed by atoms with E-state index in [0.29, 0.717) is 12.8 Å². The van der Waals surface area contributed by atoms with Gasteiger partial charge in [-0.15, -0.1) is 0 Å². The quantitative estimate of drug-likeness (QED) is 0.0233. The number of ether oxygens (including phenoxy) is 1. The van der Waals surface area contributed by atoms with Crippen LogP contribution < -0.4 is 11.1 Å². The maximum Gasteiger partial charge on any atom is 0.303 e. The second-order valence-corrected chi connectivity index (χ2v) is 17.5. The molecule has 1 heterocycles. The van der Waals surface area contributed by atoms with Crippen LogP contribution >= 0.6 is 0 Å². The van der Waals surface area contributed by atoms with E-state index in [1.807, 2.05) is 0 Å². The Kier molecular flexibility index (Phi) is 32.9. The van der Waals surface area contributed by atoms with Crippen molar-refractivity contribution < 1.29 is 49.4 Å². The molecule has 0 unspecified atom stereocenters. The molecule has 1 fully saturated rings. The van der Waals surface area contributed by atoms with E-state index in [1.165, 1.54) is 114 Å². The van der Waals surface area contributed by atoms with E-state index < -0.39 is 67.0 Å². The van der Waals surface area contributed by atoms with E-state index >= 15 is 0 Å². The lowest BCUT2D eigenvalue weighted by Gasteiger charge is -2.53. The number of aliphatic carboxylic acids is 1. The summed E-state index contributed by atoms with van der Waals surface area (Å²) in [5.74, 6) is -6.99. The molecule has 1 aliphatic heterocycles. The molecule has 1 saturated heterocycles. The number of carboxylic acids is 1. The number of carbonyl (C=O) groups is 4. The number of carboxylic acid groups (broad SMARTS) is 1. The highest BCUT2D eigenvalue weighted by molar-refractivity contribution is 5.92. The van der Waals surface area contributed by atoms with Crippen LogP contribution in [0.4, 0.5) is 0 Å². The van der Waals surface area contributed by atoms with Gasteiger partial charge in [0.1, 0.15) is 24.2 Å². The normalized spacial score (nSPS) is 20.9. The van der Waals surface area contributed by atoms with Crippen molar-refractivity contribution in [3.8, 4) is 0 Å². The number of amides is 2. The van der Waals surface area contributed by atoms with Crippen molar-refractivity contribution in [1.82, 2.24) is 10.2 Å². The number of rotatable bonds is 40. The highest BCUT2D eigenvalue weighted by Gasteiger charge is 2.59. The Morgan fingerprint density at radius 3 is 1.42 bits per heavy atom. The van der Waals surface area contributed by atoms with Crippen LogP contribution in [0.5, 0.6) is 0 Å². The van der Waals surface area contributed by atoms with E-state index in [-0.39, 0.29) is 44.6 Å². The molecule has 0 saturated carbocycles. The predicted molar refractivity (Wildman–Crippen MR) is 237 cm³/mol. The van der Waals surface area contributed by atoms with E-state index in [4.69, 9.17) is 15.6 Å². The van der Waals surface area contributed by atoms with Crippen LogP contribution in [0.2, 0.25) is 0 Å². The lowest BCUT2D eigenvalue weighted by molar-refractivity contribution is -0.292. The van der Waals surface area contributed by atoms with Gasteiger partial charge in [-0.3, -0.25) is 24.9 Å². The zero-order chi connectivity index (χ0) is 44.4. The third-order valence-electron chi connectivity index (χ3n) is 12.2. The predicted octanol–water partition coefficient (Wildman–Crippen LogP) is 7.81. The molecule has 0 aliphatic carbocycles. The summed E-state index contributed by atoms with van der Waals surface area (Å²) in [5.41, 5.74) is 6.94. The molecular weight excluding hydrogens is 767 g/mol. The second kappa shape index (κ2) is 35.3. The Morgan fingerprint density at radius 1 is 0.600 bits per heavy atom. The molecule has 2 amide bonds. The van der Waals surface area contributed by atoms with E-state index in [2.05, 4.69) is 19.2 Å². The third kappa shape index (κ3) is 23.3. The van der Waals surface area contributed by atoms with Gasteiger partial charge in [-0.05, 0) is 25.7 Å². The zero-order valence-corrected chi connectivity index (χ0v) is 37.9. The minimum Gasteiger partial charge on any atom is -0.481 e. The fourth-order valence-electron chi connectivity index (χ4n) is 8.44. The highest BCUT2D eigenvalue weighted by atomic mass is 16.6. The molecule has 1 aliphatic rings. The lowest BCUT2D eigenvalue weighted by atomic mass is 9.80. The summed E-state index contributed by atoms with van der Waals surface area (Å²) in [4.78, 5) is 53.2. The number of nitrogens with one attached hydrogen (secondary N) is 1. The molecule has 8 N–H and O–H groups in total. The standard InChI is InChI=1S/C47H89N3O10/c1-3-5-7-9-11-13-15-17-18-19-20-22-24-26-28-33-41(54)50(35-31-27-25-23-21-16-14-12-10-8-6-4-2)47(48)43(46(59)45(58)39(37-52)60-47)44(57)38(36-51)49-40(53)32-29-30-34-42(55)56/h38-39,43,45-46,51-52,58-59H,3-37,48H2,1-2H3,(H,49,53)(H,55,56)/t38-,39+,43+,45+,46+,47-/m0/s1. The maximum absolute atomic E-state index is 14.2. The molecule has 0 aromatic carbocycles. The summed E-state index contributed by atoms with van der Waals surface area (Å²) < 4.78 is 6.06. The fraction of sp³-hybridized carbons (Fsp3) is 0.915. The summed E-state index contributed by atoms with van der Waals surface area (Å²) in [7, 11) is 0. The number of nitrogens with zero attached hydrogens (tertiary/aromatic N) is 1. The summed E-state index contributed by atoms with van der Waals surface area (Å²) in [6, 6.07) is -1.56. The number of aliphatic hydroxyl groups excluding tert-OH is 4. The SMILES string of the molecule is CCCCCCCCCCCCCCCCCC(=O)N(CCCCCCCCCCCCCC)[C@]1(N)O[C@H](CO)[C@@H](O)[C@H](O)[C@H]1C(=O)[C@H](CO)NC(=O)CCCCC(=O)O. The Hall–Kier alpha value is -2.16. The van der Waals surface area contributed by atoms with E-state index in [0.717, 1.165) is 51.4 Å². The van der Waals surface area contributed by atoms with Gasteiger partial charge in [-0.25, -0.2) is 0 Å². The molecule has 0 aromatic heterocycles. The van der Waals surface area contributed by atoms with Crippen molar-refractivity contribution in [3.63, 3.8) is 0 Å². The molecule has 1 rings (SSSR count). The molecule has 13 nitrogen and oxygen atoms in total. The second-order valence-electron chi connectivity index (χ2n) is 17.5. The van der Waals surface area contributed by atoms with Gasteiger partial charge in [0.2, 0.25) is 17.7 Å². The molecule has 0 bridgehead atoms. The number of aliphatic hydroxyl groups is 4. The van der Waals surface area contributed by atoms with Gasteiger partial charge in [-0.1, -0.05) is 174 Å². The molecule has 13 heteroatoms. The van der Waals surface area contributed by atoms with Crippen LogP contribution in [0.1, 0.15) is 219 Å². The lowest BCUT2D eigenvalue weighted by Crippen LogP contribution is -2.76. The average molecular weight is 856 g/mol. The van der Waals surface area contributed by atoms with Gasteiger partial charge in [0.15, 0.2) is 5.78 Å². The Balaban J connectivity index is 2.97. The van der Waals surface area contributed by atoms with Crippen LogP contribution in [0.15, 0.2) is 0 Å². The molecule has 60 heavy (non-hydrogen) atoms. The van der Waals surface area contributed by atoms with Gasteiger partial charge < -0.3 is 40.5 Å². The van der Waals surface area contributed by atoms with Crippen molar-refractivity contribution in [3.05, 3.63) is 0 Å². The largest absolute Gasteiger partial charge is 0.481 e. The molecule has 352 valence electrons. The first-order valence-electron chi connectivity index (χ1n) is 24.4. The number of hydrogen-bond acceptors (Lipinski definition) is 10. The van der Waals surface area contributed by atoms with Gasteiger partial charge in [0, 0.05) is 25.8 Å². The van der Waals surface area contributed by atoms with Crippen LogP contribution in [-0.4, -0.2) is 104 Å². The highest BCUT2D eigenvalue weighted by Crippen LogP contribution is 2.37. The third-order valence-corrected chi connectivity index (χ3v) is 12.2.